The minimum atomic E-state index is 0. The van der Waals surface area contributed by atoms with Crippen molar-refractivity contribution < 1.29 is 9.53 Å². The van der Waals surface area contributed by atoms with Crippen LogP contribution in [0.2, 0.25) is 0 Å². The highest BCUT2D eigenvalue weighted by molar-refractivity contribution is 14.0. The van der Waals surface area contributed by atoms with Crippen LogP contribution in [0.3, 0.4) is 0 Å². The van der Waals surface area contributed by atoms with Crippen LogP contribution in [0.1, 0.15) is 32.6 Å². The Labute approximate surface area is 167 Å². The van der Waals surface area contributed by atoms with E-state index in [1.54, 1.807) is 19.0 Å². The summed E-state index contributed by atoms with van der Waals surface area (Å²) >= 11 is 0. The number of guanidine groups is 1. The SMILES string of the molecule is C=C(C)CNC(=NCC(=O)N(C)C)NC1C2CCOC2C12CCC2.I. The van der Waals surface area contributed by atoms with Crippen molar-refractivity contribution in [3.63, 3.8) is 0 Å². The van der Waals surface area contributed by atoms with Crippen molar-refractivity contribution in [1.82, 2.24) is 15.5 Å². The molecule has 0 radical (unpaired) electrons. The first-order valence-corrected chi connectivity index (χ1v) is 8.95. The van der Waals surface area contributed by atoms with Crippen molar-refractivity contribution >= 4 is 35.8 Å². The fourth-order valence-corrected chi connectivity index (χ4v) is 4.28. The van der Waals surface area contributed by atoms with Gasteiger partial charge in [-0.05, 0) is 26.2 Å². The molecule has 0 bridgehead atoms. The van der Waals surface area contributed by atoms with Crippen LogP contribution in [0.4, 0.5) is 0 Å². The van der Waals surface area contributed by atoms with Gasteiger partial charge in [0.15, 0.2) is 5.96 Å². The number of ether oxygens (including phenoxy) is 1. The summed E-state index contributed by atoms with van der Waals surface area (Å²) in [5.41, 5.74) is 1.33. The van der Waals surface area contributed by atoms with Gasteiger partial charge < -0.3 is 20.3 Å². The molecule has 2 saturated carbocycles. The number of carbonyl (C=O) groups excluding carboxylic acids is 1. The van der Waals surface area contributed by atoms with Gasteiger partial charge in [-0.25, -0.2) is 4.99 Å². The molecule has 0 aromatic heterocycles. The van der Waals surface area contributed by atoms with Crippen molar-refractivity contribution in [3.05, 3.63) is 12.2 Å². The van der Waals surface area contributed by atoms with E-state index in [-0.39, 0.29) is 36.4 Å². The normalized spacial score (nSPS) is 28.9. The molecule has 3 unspecified atom stereocenters. The summed E-state index contributed by atoms with van der Waals surface area (Å²) in [6, 6.07) is 0.407. The lowest BCUT2D eigenvalue weighted by Crippen LogP contribution is -2.72. The molecule has 0 aromatic rings. The third-order valence-corrected chi connectivity index (χ3v) is 5.76. The van der Waals surface area contributed by atoms with Crippen LogP contribution >= 0.6 is 24.0 Å². The molecular weight excluding hydrogens is 431 g/mol. The maximum Gasteiger partial charge on any atom is 0.243 e. The Hall–Kier alpha value is -0.830. The molecule has 1 heterocycles. The number of likely N-dealkylation sites (N-methyl/N-ethyl adjacent to an activating group) is 1. The van der Waals surface area contributed by atoms with Crippen LogP contribution in [0.5, 0.6) is 0 Å². The van der Waals surface area contributed by atoms with E-state index < -0.39 is 0 Å². The highest BCUT2D eigenvalue weighted by Crippen LogP contribution is 2.62. The van der Waals surface area contributed by atoms with E-state index in [9.17, 15) is 4.79 Å². The summed E-state index contributed by atoms with van der Waals surface area (Å²) in [4.78, 5) is 17.9. The number of carbonyl (C=O) groups is 1. The molecule has 1 amide bonds. The monoisotopic (exact) mass is 462 g/mol. The van der Waals surface area contributed by atoms with E-state index in [4.69, 9.17) is 4.74 Å². The van der Waals surface area contributed by atoms with E-state index >= 15 is 0 Å². The predicted molar refractivity (Wildman–Crippen MR) is 110 cm³/mol. The van der Waals surface area contributed by atoms with Gasteiger partial charge in [-0.3, -0.25) is 4.79 Å². The van der Waals surface area contributed by atoms with E-state index in [1.165, 1.54) is 19.3 Å². The zero-order chi connectivity index (χ0) is 17.3. The summed E-state index contributed by atoms with van der Waals surface area (Å²) in [7, 11) is 3.50. The van der Waals surface area contributed by atoms with Crippen molar-refractivity contribution in [3.8, 4) is 0 Å². The van der Waals surface area contributed by atoms with E-state index in [2.05, 4.69) is 22.2 Å². The third kappa shape index (κ3) is 3.97. The van der Waals surface area contributed by atoms with Crippen molar-refractivity contribution in [1.29, 1.82) is 0 Å². The van der Waals surface area contributed by atoms with Crippen molar-refractivity contribution in [2.75, 3.05) is 33.8 Å². The summed E-state index contributed by atoms with van der Waals surface area (Å²) in [5, 5.41) is 6.92. The number of aliphatic imine (C=N–C) groups is 1. The molecule has 3 aliphatic rings. The highest BCUT2D eigenvalue weighted by Gasteiger charge is 2.66. The van der Waals surface area contributed by atoms with Gasteiger partial charge in [-0.15, -0.1) is 24.0 Å². The Balaban J connectivity index is 0.00000225. The molecular formula is C18H31IN4O2. The van der Waals surface area contributed by atoms with Gasteiger partial charge in [0.1, 0.15) is 6.54 Å². The molecule has 142 valence electrons. The van der Waals surface area contributed by atoms with Gasteiger partial charge in [-0.2, -0.15) is 0 Å². The molecule has 1 aliphatic heterocycles. The van der Waals surface area contributed by atoms with Crippen molar-refractivity contribution in [2.45, 2.75) is 44.8 Å². The molecule has 2 aliphatic carbocycles. The van der Waals surface area contributed by atoms with Crippen LogP contribution in [0.25, 0.3) is 0 Å². The van der Waals surface area contributed by atoms with Gasteiger partial charge in [0.25, 0.3) is 0 Å². The molecule has 3 atom stereocenters. The number of fused-ring (bicyclic) bond motifs is 2. The van der Waals surface area contributed by atoms with Gasteiger partial charge in [0.05, 0.1) is 6.10 Å². The van der Waals surface area contributed by atoms with Gasteiger partial charge in [0.2, 0.25) is 5.91 Å². The quantitative estimate of drug-likeness (QED) is 0.283. The van der Waals surface area contributed by atoms with E-state index in [1.807, 2.05) is 6.92 Å². The minimum absolute atomic E-state index is 0. The van der Waals surface area contributed by atoms with Gasteiger partial charge in [-0.1, -0.05) is 18.6 Å². The average Bonchev–Trinajstić information content (AvgIpc) is 2.89. The lowest BCUT2D eigenvalue weighted by Gasteiger charge is -2.63. The first-order chi connectivity index (χ1) is 11.4. The fraction of sp³-hybridized carbons (Fsp3) is 0.778. The van der Waals surface area contributed by atoms with Crippen LogP contribution < -0.4 is 10.6 Å². The predicted octanol–water partition coefficient (Wildman–Crippen LogP) is 1.76. The van der Waals surface area contributed by atoms with E-state index in [0.29, 0.717) is 30.0 Å². The number of hydrogen-bond acceptors (Lipinski definition) is 3. The first kappa shape index (κ1) is 20.5. The Morgan fingerprint density at radius 3 is 2.68 bits per heavy atom. The highest BCUT2D eigenvalue weighted by atomic mass is 127. The molecule has 25 heavy (non-hydrogen) atoms. The number of nitrogens with one attached hydrogen (secondary N) is 2. The minimum Gasteiger partial charge on any atom is -0.377 e. The fourth-order valence-electron chi connectivity index (χ4n) is 4.28. The smallest absolute Gasteiger partial charge is 0.243 e. The van der Waals surface area contributed by atoms with Crippen LogP contribution in [-0.2, 0) is 9.53 Å². The first-order valence-electron chi connectivity index (χ1n) is 8.95. The Morgan fingerprint density at radius 2 is 2.12 bits per heavy atom. The number of amides is 1. The molecule has 0 aromatic carbocycles. The largest absolute Gasteiger partial charge is 0.377 e. The van der Waals surface area contributed by atoms with Gasteiger partial charge in [0, 0.05) is 44.6 Å². The number of rotatable bonds is 5. The summed E-state index contributed by atoms with van der Waals surface area (Å²) in [6.07, 6.45) is 5.30. The third-order valence-electron chi connectivity index (χ3n) is 5.76. The standard InChI is InChI=1S/C18H30N4O2.HI/c1-12(2)10-19-17(20-11-14(23)22(3)4)21-15-13-6-9-24-16(13)18(15)7-5-8-18;/h13,15-16H,1,5-11H2,2-4H3,(H2,19,20,21);1H. The zero-order valence-electron chi connectivity index (χ0n) is 15.5. The van der Waals surface area contributed by atoms with Crippen LogP contribution in [0, 0.1) is 11.3 Å². The molecule has 6 nitrogen and oxygen atoms in total. The lowest BCUT2D eigenvalue weighted by molar-refractivity contribution is -0.171. The summed E-state index contributed by atoms with van der Waals surface area (Å²) in [5.74, 6) is 1.29. The maximum atomic E-state index is 11.9. The van der Waals surface area contributed by atoms with E-state index in [0.717, 1.165) is 24.6 Å². The molecule has 1 saturated heterocycles. The molecule has 7 heteroatoms. The molecule has 3 fully saturated rings. The summed E-state index contributed by atoms with van der Waals surface area (Å²) in [6.45, 7) is 7.60. The molecule has 1 spiro atoms. The summed E-state index contributed by atoms with van der Waals surface area (Å²) < 4.78 is 5.97. The number of hydrogen-bond donors (Lipinski definition) is 2. The Bertz CT molecular complexity index is 545. The molecule has 3 rings (SSSR count). The Morgan fingerprint density at radius 1 is 1.40 bits per heavy atom. The number of halogens is 1. The second-order valence-corrected chi connectivity index (χ2v) is 7.72. The zero-order valence-corrected chi connectivity index (χ0v) is 17.8. The topological polar surface area (TPSA) is 66.0 Å². The second-order valence-electron chi connectivity index (χ2n) is 7.72. The van der Waals surface area contributed by atoms with Gasteiger partial charge >= 0.3 is 0 Å². The second kappa shape index (κ2) is 8.24. The maximum absolute atomic E-state index is 11.9. The molecule has 2 N–H and O–H groups in total. The van der Waals surface area contributed by atoms with Crippen LogP contribution in [-0.4, -0.2) is 62.7 Å². The van der Waals surface area contributed by atoms with Crippen LogP contribution in [0.15, 0.2) is 17.1 Å². The van der Waals surface area contributed by atoms with Crippen molar-refractivity contribution in [2.24, 2.45) is 16.3 Å². The number of nitrogens with zero attached hydrogens (tertiary/aromatic N) is 2. The lowest BCUT2D eigenvalue weighted by atomic mass is 9.46. The Kier molecular flexibility index (Phi) is 6.75. The average molecular weight is 462 g/mol.